The Morgan fingerprint density at radius 1 is 0.905 bits per heavy atom. The fourth-order valence-electron chi connectivity index (χ4n) is 3.69. The molecule has 2 aromatic carbocycles. The lowest BCUT2D eigenvalue weighted by molar-refractivity contribution is 0.271. The highest BCUT2D eigenvalue weighted by Crippen LogP contribution is 2.53. The highest BCUT2D eigenvalue weighted by atomic mass is 35.5. The van der Waals surface area contributed by atoms with Crippen LogP contribution in [0, 0.1) is 5.41 Å². The first-order valence-electron chi connectivity index (χ1n) is 8.05. The number of benzene rings is 2. The monoisotopic (exact) mass is 298 g/mol. The van der Waals surface area contributed by atoms with Crippen LogP contribution in [0.5, 0.6) is 0 Å². The molecule has 0 heterocycles. The van der Waals surface area contributed by atoms with Crippen molar-refractivity contribution in [1.29, 1.82) is 0 Å². The third-order valence-electron chi connectivity index (χ3n) is 5.15. The zero-order chi connectivity index (χ0) is 14.7. The van der Waals surface area contributed by atoms with Crippen molar-refractivity contribution in [2.45, 2.75) is 44.4 Å². The zero-order valence-corrected chi connectivity index (χ0v) is 13.4. The second kappa shape index (κ2) is 6.23. The van der Waals surface area contributed by atoms with E-state index < -0.39 is 0 Å². The Morgan fingerprint density at radius 2 is 1.48 bits per heavy atom. The van der Waals surface area contributed by atoms with Crippen molar-refractivity contribution < 1.29 is 0 Å². The van der Waals surface area contributed by atoms with Gasteiger partial charge in [0, 0.05) is 0 Å². The van der Waals surface area contributed by atoms with Crippen molar-refractivity contribution in [1.82, 2.24) is 0 Å². The number of hydrogen-bond acceptors (Lipinski definition) is 0. The molecule has 1 atom stereocenters. The normalized spacial score (nSPS) is 18.6. The Balaban J connectivity index is 1.84. The molecule has 0 bridgehead atoms. The van der Waals surface area contributed by atoms with Gasteiger partial charge in [-0.2, -0.15) is 0 Å². The summed E-state index contributed by atoms with van der Waals surface area (Å²) >= 11 is 6.87. The van der Waals surface area contributed by atoms with E-state index in [0.29, 0.717) is 5.41 Å². The fourth-order valence-corrected chi connectivity index (χ4v) is 4.21. The van der Waals surface area contributed by atoms with E-state index in [-0.39, 0.29) is 5.38 Å². The Labute approximate surface area is 133 Å². The minimum atomic E-state index is 0.148. The highest BCUT2D eigenvalue weighted by Gasteiger charge is 2.39. The molecule has 110 valence electrons. The van der Waals surface area contributed by atoms with Crippen molar-refractivity contribution in [3.8, 4) is 11.1 Å². The first-order valence-corrected chi connectivity index (χ1v) is 8.48. The summed E-state index contributed by atoms with van der Waals surface area (Å²) in [6, 6.07) is 19.4. The van der Waals surface area contributed by atoms with Gasteiger partial charge in [0.15, 0.2) is 0 Å². The fraction of sp³-hybridized carbons (Fsp3) is 0.400. The summed E-state index contributed by atoms with van der Waals surface area (Å²) in [5, 5.41) is 0.148. The van der Waals surface area contributed by atoms with E-state index >= 15 is 0 Å². The van der Waals surface area contributed by atoms with Gasteiger partial charge in [0.1, 0.15) is 0 Å². The average molecular weight is 299 g/mol. The maximum Gasteiger partial charge on any atom is 0.0641 e. The summed E-state index contributed by atoms with van der Waals surface area (Å²) in [7, 11) is 0. The summed E-state index contributed by atoms with van der Waals surface area (Å²) < 4.78 is 0. The third kappa shape index (κ3) is 2.87. The number of halogens is 1. The molecule has 1 unspecified atom stereocenters. The number of alkyl halides is 1. The van der Waals surface area contributed by atoms with Crippen LogP contribution in [0.4, 0.5) is 0 Å². The van der Waals surface area contributed by atoms with Crippen LogP contribution in [0.2, 0.25) is 0 Å². The second-order valence-electron chi connectivity index (χ2n) is 6.27. The third-order valence-corrected chi connectivity index (χ3v) is 5.87. The largest absolute Gasteiger partial charge is 0.117 e. The van der Waals surface area contributed by atoms with Crippen molar-refractivity contribution in [2.75, 3.05) is 0 Å². The maximum absolute atomic E-state index is 6.87. The first kappa shape index (κ1) is 14.7. The molecular weight excluding hydrogens is 276 g/mol. The minimum Gasteiger partial charge on any atom is -0.117 e. The average Bonchev–Trinajstić information content (AvgIpc) is 3.05. The van der Waals surface area contributed by atoms with Gasteiger partial charge in [-0.05, 0) is 41.4 Å². The Bertz CT molecular complexity index is 565. The van der Waals surface area contributed by atoms with Gasteiger partial charge < -0.3 is 0 Å². The van der Waals surface area contributed by atoms with Crippen LogP contribution in [0.25, 0.3) is 11.1 Å². The zero-order valence-electron chi connectivity index (χ0n) is 12.7. The van der Waals surface area contributed by atoms with Gasteiger partial charge in [-0.15, -0.1) is 11.6 Å². The molecular formula is C20H23Cl. The summed E-state index contributed by atoms with van der Waals surface area (Å²) in [5.41, 5.74) is 4.12. The highest BCUT2D eigenvalue weighted by molar-refractivity contribution is 6.21. The number of hydrogen-bond donors (Lipinski definition) is 0. The Hall–Kier alpha value is -1.27. The molecule has 0 N–H and O–H groups in total. The lowest BCUT2D eigenvalue weighted by Crippen LogP contribution is -2.21. The summed E-state index contributed by atoms with van der Waals surface area (Å²) in [4.78, 5) is 0. The molecule has 0 saturated heterocycles. The summed E-state index contributed by atoms with van der Waals surface area (Å²) in [6.07, 6.45) is 6.40. The van der Waals surface area contributed by atoms with E-state index in [9.17, 15) is 0 Å². The topological polar surface area (TPSA) is 0 Å². The molecule has 0 aliphatic heterocycles. The first-order chi connectivity index (χ1) is 10.2. The van der Waals surface area contributed by atoms with E-state index in [1.807, 2.05) is 0 Å². The van der Waals surface area contributed by atoms with E-state index in [1.54, 1.807) is 0 Å². The van der Waals surface area contributed by atoms with E-state index in [4.69, 9.17) is 11.6 Å². The molecule has 1 saturated carbocycles. The molecule has 1 aliphatic rings. The number of rotatable bonds is 4. The van der Waals surface area contributed by atoms with Crippen molar-refractivity contribution >= 4 is 11.6 Å². The van der Waals surface area contributed by atoms with Crippen LogP contribution in [0.15, 0.2) is 54.6 Å². The van der Waals surface area contributed by atoms with Gasteiger partial charge in [-0.1, -0.05) is 74.4 Å². The lowest BCUT2D eigenvalue weighted by atomic mass is 9.77. The SMILES string of the molecule is CCC1(C(Cl)c2ccc(-c3ccccc3)cc2)CCCC1. The van der Waals surface area contributed by atoms with Crippen LogP contribution < -0.4 is 0 Å². The Morgan fingerprint density at radius 3 is 2.05 bits per heavy atom. The van der Waals surface area contributed by atoms with Crippen molar-refractivity contribution in [3.05, 3.63) is 60.2 Å². The molecule has 1 fully saturated rings. The van der Waals surface area contributed by atoms with Gasteiger partial charge in [-0.25, -0.2) is 0 Å². The smallest absolute Gasteiger partial charge is 0.0641 e. The molecule has 1 heteroatoms. The van der Waals surface area contributed by atoms with Crippen LogP contribution in [-0.2, 0) is 0 Å². The van der Waals surface area contributed by atoms with Gasteiger partial charge in [0.05, 0.1) is 5.38 Å². The second-order valence-corrected chi connectivity index (χ2v) is 6.71. The van der Waals surface area contributed by atoms with Crippen molar-refractivity contribution in [2.24, 2.45) is 5.41 Å². The molecule has 1 aliphatic carbocycles. The Kier molecular flexibility index (Phi) is 4.35. The van der Waals surface area contributed by atoms with Crippen LogP contribution in [0.3, 0.4) is 0 Å². The summed E-state index contributed by atoms with van der Waals surface area (Å²) in [6.45, 7) is 2.29. The van der Waals surface area contributed by atoms with E-state index in [1.165, 1.54) is 48.8 Å². The van der Waals surface area contributed by atoms with E-state index in [0.717, 1.165) is 0 Å². The molecule has 21 heavy (non-hydrogen) atoms. The van der Waals surface area contributed by atoms with Crippen LogP contribution >= 0.6 is 11.6 Å². The summed E-state index contributed by atoms with van der Waals surface area (Å²) in [5.74, 6) is 0. The molecule has 3 rings (SSSR count). The van der Waals surface area contributed by atoms with Gasteiger partial charge in [-0.3, -0.25) is 0 Å². The van der Waals surface area contributed by atoms with Gasteiger partial charge in [0.25, 0.3) is 0 Å². The molecule has 2 aromatic rings. The lowest BCUT2D eigenvalue weighted by Gasteiger charge is -2.33. The quantitative estimate of drug-likeness (QED) is 0.557. The van der Waals surface area contributed by atoms with Crippen LogP contribution in [0.1, 0.15) is 50.0 Å². The van der Waals surface area contributed by atoms with E-state index in [2.05, 4.69) is 61.5 Å². The van der Waals surface area contributed by atoms with Gasteiger partial charge >= 0.3 is 0 Å². The molecule has 0 amide bonds. The molecule has 0 aromatic heterocycles. The van der Waals surface area contributed by atoms with Gasteiger partial charge in [0.2, 0.25) is 0 Å². The van der Waals surface area contributed by atoms with Crippen molar-refractivity contribution in [3.63, 3.8) is 0 Å². The van der Waals surface area contributed by atoms with Crippen LogP contribution in [-0.4, -0.2) is 0 Å². The molecule has 0 radical (unpaired) electrons. The molecule has 0 nitrogen and oxygen atoms in total. The predicted molar refractivity (Wildman–Crippen MR) is 91.7 cm³/mol. The predicted octanol–water partition coefficient (Wildman–Crippen LogP) is 6.60. The maximum atomic E-state index is 6.87. The standard InChI is InChI=1S/C20H23Cl/c1-2-20(14-6-7-15-20)19(21)18-12-10-17(11-13-18)16-8-4-3-5-9-16/h3-5,8-13,19H,2,6-7,14-15H2,1H3. The minimum absolute atomic E-state index is 0.148. The molecule has 0 spiro atoms.